The first kappa shape index (κ1) is 20.8. The van der Waals surface area contributed by atoms with Crippen LogP contribution in [-0.4, -0.2) is 65.0 Å². The van der Waals surface area contributed by atoms with Gasteiger partial charge in [0.15, 0.2) is 11.8 Å². The second-order valence-corrected chi connectivity index (χ2v) is 8.10. The molecule has 3 rings (SSSR count). The van der Waals surface area contributed by atoms with E-state index >= 15 is 0 Å². The van der Waals surface area contributed by atoms with Gasteiger partial charge < -0.3 is 19.9 Å². The molecule has 0 aromatic carbocycles. The van der Waals surface area contributed by atoms with Crippen LogP contribution in [0.15, 0.2) is 17.1 Å². The summed E-state index contributed by atoms with van der Waals surface area (Å²) in [6.07, 6.45) is 1.08. The summed E-state index contributed by atoms with van der Waals surface area (Å²) in [5.74, 6) is 2.56. The van der Waals surface area contributed by atoms with Crippen LogP contribution in [0.25, 0.3) is 0 Å². The fourth-order valence-electron chi connectivity index (χ4n) is 2.95. The predicted octanol–water partition coefficient (Wildman–Crippen LogP) is 1.32. The molecular weight excluding hydrogens is 374 g/mol. The first-order valence-electron chi connectivity index (χ1n) is 9.90. The van der Waals surface area contributed by atoms with E-state index in [1.165, 1.54) is 9.75 Å². The largest absolute Gasteiger partial charge is 0.379 e. The van der Waals surface area contributed by atoms with Gasteiger partial charge in [0.05, 0.1) is 19.8 Å². The number of nitrogens with zero attached hydrogens (tertiary/aromatic N) is 5. The lowest BCUT2D eigenvalue weighted by Crippen LogP contribution is -2.44. The Balaban J connectivity index is 1.56. The number of thiophene rings is 1. The van der Waals surface area contributed by atoms with Crippen LogP contribution in [0.5, 0.6) is 0 Å². The lowest BCUT2D eigenvalue weighted by molar-refractivity contribution is 0.0389. The number of hydrogen-bond donors (Lipinski definition) is 2. The van der Waals surface area contributed by atoms with E-state index in [-0.39, 0.29) is 0 Å². The van der Waals surface area contributed by atoms with Crippen molar-refractivity contribution in [3.05, 3.63) is 33.5 Å². The number of hydrogen-bond acceptors (Lipinski definition) is 6. The van der Waals surface area contributed by atoms with Gasteiger partial charge in [-0.25, -0.2) is 4.99 Å². The third kappa shape index (κ3) is 6.02. The number of aliphatic imine (C=N–C) groups is 1. The molecule has 0 spiro atoms. The van der Waals surface area contributed by atoms with Gasteiger partial charge in [-0.05, 0) is 25.5 Å². The molecule has 0 bridgehead atoms. The molecule has 0 radical (unpaired) electrons. The Kier molecular flexibility index (Phi) is 7.81. The average Bonchev–Trinajstić information content (AvgIpc) is 3.31. The fourth-order valence-corrected chi connectivity index (χ4v) is 3.85. The highest BCUT2D eigenvalue weighted by Gasteiger charge is 2.10. The quantitative estimate of drug-likeness (QED) is 0.509. The van der Waals surface area contributed by atoms with Crippen molar-refractivity contribution in [2.45, 2.75) is 33.4 Å². The molecule has 0 aliphatic carbocycles. The molecule has 2 N–H and O–H groups in total. The number of ether oxygens (including phenoxy) is 1. The van der Waals surface area contributed by atoms with Crippen LogP contribution in [0.4, 0.5) is 0 Å². The second kappa shape index (κ2) is 10.5. The Labute approximate surface area is 171 Å². The Morgan fingerprint density at radius 2 is 2.00 bits per heavy atom. The summed E-state index contributed by atoms with van der Waals surface area (Å²) < 4.78 is 7.39. The highest BCUT2D eigenvalue weighted by atomic mass is 32.1. The molecule has 1 aliphatic rings. The van der Waals surface area contributed by atoms with E-state index in [9.17, 15) is 0 Å². The van der Waals surface area contributed by atoms with E-state index in [2.05, 4.69) is 44.8 Å². The zero-order valence-electron chi connectivity index (χ0n) is 17.1. The summed E-state index contributed by atoms with van der Waals surface area (Å²) >= 11 is 1.85. The number of aromatic nitrogens is 3. The minimum Gasteiger partial charge on any atom is -0.379 e. The summed E-state index contributed by atoms with van der Waals surface area (Å²) in [7, 11) is 1.97. The molecule has 28 heavy (non-hydrogen) atoms. The van der Waals surface area contributed by atoms with Gasteiger partial charge in [-0.2, -0.15) is 0 Å². The number of morpholine rings is 1. The summed E-state index contributed by atoms with van der Waals surface area (Å²) in [6.45, 7) is 10.9. The van der Waals surface area contributed by atoms with E-state index in [4.69, 9.17) is 9.73 Å². The van der Waals surface area contributed by atoms with Crippen molar-refractivity contribution in [3.63, 3.8) is 0 Å². The third-order valence-electron chi connectivity index (χ3n) is 4.88. The maximum atomic E-state index is 5.41. The number of rotatable bonds is 8. The molecule has 9 heteroatoms. The normalized spacial score (nSPS) is 15.8. The van der Waals surface area contributed by atoms with Crippen molar-refractivity contribution in [1.29, 1.82) is 0 Å². The van der Waals surface area contributed by atoms with Crippen molar-refractivity contribution < 1.29 is 4.74 Å². The van der Waals surface area contributed by atoms with Crippen molar-refractivity contribution in [3.8, 4) is 0 Å². The third-order valence-corrected chi connectivity index (χ3v) is 6.11. The monoisotopic (exact) mass is 405 g/mol. The molecule has 1 aliphatic heterocycles. The minimum atomic E-state index is 0.495. The van der Waals surface area contributed by atoms with Gasteiger partial charge in [0.25, 0.3) is 0 Å². The Morgan fingerprint density at radius 3 is 2.68 bits per heavy atom. The first-order chi connectivity index (χ1) is 13.7. The van der Waals surface area contributed by atoms with Crippen LogP contribution >= 0.6 is 11.3 Å². The topological polar surface area (TPSA) is 79.6 Å². The minimum absolute atomic E-state index is 0.495. The molecule has 0 atom stereocenters. The highest BCUT2D eigenvalue weighted by Crippen LogP contribution is 2.16. The van der Waals surface area contributed by atoms with E-state index in [0.717, 1.165) is 70.0 Å². The molecule has 8 nitrogen and oxygen atoms in total. The van der Waals surface area contributed by atoms with Crippen LogP contribution < -0.4 is 10.6 Å². The lowest BCUT2D eigenvalue weighted by atomic mass is 10.3. The van der Waals surface area contributed by atoms with Gasteiger partial charge in [0.2, 0.25) is 0 Å². The molecule has 2 aromatic rings. The standard InChI is InChI=1S/C19H31N7OS/c1-4-16-5-6-17(28-16)13-21-19(20-7-8-26-9-11-27-12-10-26)22-14-18-24-23-15(2)25(18)3/h5-6H,4,7-14H2,1-3H3,(H2,20,21,22). The van der Waals surface area contributed by atoms with Gasteiger partial charge in [-0.3, -0.25) is 4.90 Å². The zero-order valence-corrected chi connectivity index (χ0v) is 17.9. The predicted molar refractivity (Wildman–Crippen MR) is 113 cm³/mol. The smallest absolute Gasteiger partial charge is 0.192 e. The summed E-state index contributed by atoms with van der Waals surface area (Å²) in [4.78, 5) is 9.86. The van der Waals surface area contributed by atoms with Crippen molar-refractivity contribution >= 4 is 17.3 Å². The maximum absolute atomic E-state index is 5.41. The summed E-state index contributed by atoms with van der Waals surface area (Å²) in [5.41, 5.74) is 0. The van der Waals surface area contributed by atoms with E-state index in [0.29, 0.717) is 6.54 Å². The second-order valence-electron chi connectivity index (χ2n) is 6.84. The Hall–Kier alpha value is -1.97. The fraction of sp³-hybridized carbons (Fsp3) is 0.632. The molecule has 0 unspecified atom stereocenters. The molecule has 154 valence electrons. The molecule has 3 heterocycles. The number of nitrogens with one attached hydrogen (secondary N) is 2. The highest BCUT2D eigenvalue weighted by molar-refractivity contribution is 7.11. The van der Waals surface area contributed by atoms with Gasteiger partial charge >= 0.3 is 0 Å². The number of aryl methyl sites for hydroxylation is 2. The molecular formula is C19H31N7OS. The Morgan fingerprint density at radius 1 is 1.21 bits per heavy atom. The van der Waals surface area contributed by atoms with Crippen LogP contribution in [0.1, 0.15) is 28.3 Å². The SMILES string of the molecule is CCc1ccc(CNC(=NCc2nnc(C)n2C)NCCN2CCOCC2)s1. The Bertz CT molecular complexity index is 764. The molecule has 0 amide bonds. The van der Waals surface area contributed by atoms with Gasteiger partial charge in [-0.15, -0.1) is 21.5 Å². The summed E-state index contributed by atoms with van der Waals surface area (Å²) in [5, 5.41) is 15.2. The van der Waals surface area contributed by atoms with Crippen molar-refractivity contribution in [2.24, 2.45) is 12.0 Å². The van der Waals surface area contributed by atoms with Crippen LogP contribution in [0, 0.1) is 6.92 Å². The van der Waals surface area contributed by atoms with Crippen molar-refractivity contribution in [2.75, 3.05) is 39.4 Å². The molecule has 0 saturated carbocycles. The van der Waals surface area contributed by atoms with Crippen LogP contribution in [-0.2, 0) is 31.3 Å². The maximum Gasteiger partial charge on any atom is 0.192 e. The zero-order chi connectivity index (χ0) is 19.8. The molecule has 2 aromatic heterocycles. The van der Waals surface area contributed by atoms with Crippen molar-refractivity contribution in [1.82, 2.24) is 30.3 Å². The van der Waals surface area contributed by atoms with E-state index in [1.807, 2.05) is 29.9 Å². The van der Waals surface area contributed by atoms with Crippen LogP contribution in [0.3, 0.4) is 0 Å². The van der Waals surface area contributed by atoms with Gasteiger partial charge in [0, 0.05) is 43.0 Å². The lowest BCUT2D eigenvalue weighted by Gasteiger charge is -2.26. The first-order valence-corrected chi connectivity index (χ1v) is 10.7. The van der Waals surface area contributed by atoms with E-state index < -0.39 is 0 Å². The average molecular weight is 406 g/mol. The molecule has 1 fully saturated rings. The van der Waals surface area contributed by atoms with Crippen LogP contribution in [0.2, 0.25) is 0 Å². The number of guanidine groups is 1. The van der Waals surface area contributed by atoms with Gasteiger partial charge in [-0.1, -0.05) is 6.92 Å². The van der Waals surface area contributed by atoms with E-state index in [1.54, 1.807) is 0 Å². The summed E-state index contributed by atoms with van der Waals surface area (Å²) in [6, 6.07) is 4.39. The molecule has 1 saturated heterocycles. The van der Waals surface area contributed by atoms with Gasteiger partial charge in [0.1, 0.15) is 12.4 Å².